The van der Waals surface area contributed by atoms with Crippen LogP contribution in [-0.4, -0.2) is 41.4 Å². The topological polar surface area (TPSA) is 36.0 Å². The normalized spacial score (nSPS) is 20.1. The average Bonchev–Trinajstić information content (AvgIpc) is 3.35. The Bertz CT molecular complexity index is 1300. The smallest absolute Gasteiger partial charge is 0.268 e. The Morgan fingerprint density at radius 2 is 1.42 bits per heavy atom. The molecule has 5 nitrogen and oxygen atoms in total. The van der Waals surface area contributed by atoms with Crippen LogP contribution in [0.4, 0.5) is 5.69 Å². The fraction of sp³-hybridized carbons (Fsp3) is 0.323. The number of rotatable bonds is 5. The first-order valence-corrected chi connectivity index (χ1v) is 12.7. The number of benzene rings is 3. The maximum atomic E-state index is 14.9. The highest BCUT2D eigenvalue weighted by Gasteiger charge is 2.64. The molecule has 0 bridgehead atoms. The van der Waals surface area contributed by atoms with E-state index in [0.717, 1.165) is 35.7 Å². The number of carbonyl (C=O) groups is 1. The number of nitrogens with zero attached hydrogens (tertiary/aromatic N) is 3. The molecule has 5 heteroatoms. The van der Waals surface area contributed by atoms with Gasteiger partial charge in [0.2, 0.25) is 0 Å². The molecule has 3 heterocycles. The molecule has 0 atom stereocenters. The Kier molecular flexibility index (Phi) is 5.32. The second kappa shape index (κ2) is 8.32. The Morgan fingerprint density at radius 3 is 1.94 bits per heavy atom. The van der Waals surface area contributed by atoms with Gasteiger partial charge in [-0.1, -0.05) is 66.7 Å². The molecule has 1 fully saturated rings. The van der Waals surface area contributed by atoms with E-state index in [1.807, 2.05) is 17.0 Å². The van der Waals surface area contributed by atoms with Crippen LogP contribution in [0.15, 0.2) is 78.9 Å². The van der Waals surface area contributed by atoms with Crippen molar-refractivity contribution in [3.8, 4) is 5.75 Å². The molecule has 0 saturated carbocycles. The fourth-order valence-electron chi connectivity index (χ4n) is 6.50. The van der Waals surface area contributed by atoms with E-state index in [-0.39, 0.29) is 5.91 Å². The molecule has 1 saturated heterocycles. The van der Waals surface area contributed by atoms with E-state index in [0.29, 0.717) is 13.1 Å². The second-order valence-corrected chi connectivity index (χ2v) is 10.7. The number of carbonyl (C=O) groups excluding carboxylic acids is 1. The number of hydrogen-bond donors (Lipinski definition) is 0. The molecule has 3 aromatic carbocycles. The molecule has 3 aliphatic rings. The Labute approximate surface area is 213 Å². The van der Waals surface area contributed by atoms with Crippen molar-refractivity contribution >= 4 is 17.2 Å². The van der Waals surface area contributed by atoms with Gasteiger partial charge in [-0.2, -0.15) is 0 Å². The van der Waals surface area contributed by atoms with Crippen LogP contribution < -0.4 is 9.64 Å². The maximum Gasteiger partial charge on any atom is 0.268 e. The van der Waals surface area contributed by atoms with Crippen molar-refractivity contribution in [2.75, 3.05) is 25.1 Å². The number of amides is 1. The predicted octanol–water partition coefficient (Wildman–Crippen LogP) is 5.41. The van der Waals surface area contributed by atoms with Gasteiger partial charge in [-0.15, -0.1) is 0 Å². The molecule has 36 heavy (non-hydrogen) atoms. The third-order valence-electron chi connectivity index (χ3n) is 7.98. The summed E-state index contributed by atoms with van der Waals surface area (Å²) in [7, 11) is 1.71. The Hall–Kier alpha value is -3.41. The van der Waals surface area contributed by atoms with Gasteiger partial charge in [-0.25, -0.2) is 0 Å². The first kappa shape index (κ1) is 23.0. The van der Waals surface area contributed by atoms with Crippen LogP contribution in [0.5, 0.6) is 5.75 Å². The lowest BCUT2D eigenvalue weighted by Crippen LogP contribution is -2.59. The molecular weight excluding hydrogens is 446 g/mol. The fourth-order valence-corrected chi connectivity index (χ4v) is 6.50. The Morgan fingerprint density at radius 1 is 0.861 bits per heavy atom. The molecule has 1 amide bonds. The number of ether oxygens (including phenoxy) is 1. The van der Waals surface area contributed by atoms with Crippen molar-refractivity contribution in [2.45, 2.75) is 45.1 Å². The molecule has 184 valence electrons. The largest absolute Gasteiger partial charge is 0.497 e. The van der Waals surface area contributed by atoms with E-state index in [1.54, 1.807) is 7.11 Å². The summed E-state index contributed by atoms with van der Waals surface area (Å²) in [5, 5.41) is 0. The predicted molar refractivity (Wildman–Crippen MR) is 144 cm³/mol. The molecule has 6 rings (SSSR count). The summed E-state index contributed by atoms with van der Waals surface area (Å²) >= 11 is 0. The molecule has 3 aromatic rings. The van der Waals surface area contributed by atoms with Crippen molar-refractivity contribution in [3.05, 3.63) is 101 Å². The van der Waals surface area contributed by atoms with Crippen molar-refractivity contribution in [1.29, 1.82) is 0 Å². The van der Waals surface area contributed by atoms with E-state index < -0.39 is 11.2 Å². The van der Waals surface area contributed by atoms with Crippen LogP contribution in [-0.2, 0) is 23.5 Å². The number of allylic oxidation sites excluding steroid dienone is 1. The zero-order valence-electron chi connectivity index (χ0n) is 21.5. The van der Waals surface area contributed by atoms with Crippen LogP contribution in [0.25, 0.3) is 5.57 Å². The van der Waals surface area contributed by atoms with Gasteiger partial charge in [-0.3, -0.25) is 19.5 Å². The van der Waals surface area contributed by atoms with Gasteiger partial charge in [0.15, 0.2) is 5.66 Å². The monoisotopic (exact) mass is 479 g/mol. The minimum absolute atomic E-state index is 0.130. The van der Waals surface area contributed by atoms with Gasteiger partial charge in [0.1, 0.15) is 5.75 Å². The summed E-state index contributed by atoms with van der Waals surface area (Å²) in [6, 6.07) is 25.1. The SMILES string of the molecule is COc1cc2c3c(c1)C1(C(=O)N3C(C)(C)C=C2C)N(Cc2ccccc2)CCN1Cc1ccccc1. The van der Waals surface area contributed by atoms with Crippen molar-refractivity contribution in [2.24, 2.45) is 0 Å². The molecule has 0 radical (unpaired) electrons. The summed E-state index contributed by atoms with van der Waals surface area (Å²) in [6.07, 6.45) is 2.22. The van der Waals surface area contributed by atoms with E-state index in [2.05, 4.69) is 97.3 Å². The zero-order valence-corrected chi connectivity index (χ0v) is 21.5. The highest BCUT2D eigenvalue weighted by molar-refractivity contribution is 6.12. The molecule has 0 aromatic heterocycles. The van der Waals surface area contributed by atoms with Gasteiger partial charge in [0.05, 0.1) is 18.3 Å². The van der Waals surface area contributed by atoms with E-state index in [4.69, 9.17) is 4.74 Å². The summed E-state index contributed by atoms with van der Waals surface area (Å²) in [5.41, 5.74) is 5.41. The second-order valence-electron chi connectivity index (χ2n) is 10.7. The number of hydrogen-bond acceptors (Lipinski definition) is 4. The summed E-state index contributed by atoms with van der Waals surface area (Å²) in [5.74, 6) is 0.918. The number of anilines is 1. The quantitative estimate of drug-likeness (QED) is 0.490. The third-order valence-corrected chi connectivity index (χ3v) is 7.98. The first-order chi connectivity index (χ1) is 17.4. The van der Waals surface area contributed by atoms with Gasteiger partial charge in [0, 0.05) is 37.3 Å². The summed E-state index contributed by atoms with van der Waals surface area (Å²) < 4.78 is 5.79. The standard InChI is InChI=1S/C31H33N3O2/c1-22-19-30(2,3)34-28-26(22)17-25(36-4)18-27(28)31(29(34)35)32(20-23-11-7-5-8-12-23)15-16-33(31)21-24-13-9-6-10-14-24/h5-14,17-19H,15-16,20-21H2,1-4H3. The van der Waals surface area contributed by atoms with E-state index in [1.165, 1.54) is 16.7 Å². The van der Waals surface area contributed by atoms with Crippen LogP contribution >= 0.6 is 0 Å². The lowest BCUT2D eigenvalue weighted by molar-refractivity contribution is -0.139. The summed E-state index contributed by atoms with van der Waals surface area (Å²) in [6.45, 7) is 9.43. The molecule has 0 N–H and O–H groups in total. The highest BCUT2D eigenvalue weighted by atomic mass is 16.5. The van der Waals surface area contributed by atoms with Crippen molar-refractivity contribution in [3.63, 3.8) is 0 Å². The van der Waals surface area contributed by atoms with E-state index >= 15 is 0 Å². The van der Waals surface area contributed by atoms with Crippen LogP contribution in [0, 0.1) is 0 Å². The van der Waals surface area contributed by atoms with Crippen LogP contribution in [0.3, 0.4) is 0 Å². The highest BCUT2D eigenvalue weighted by Crippen LogP contribution is 2.57. The van der Waals surface area contributed by atoms with Crippen molar-refractivity contribution in [1.82, 2.24) is 9.80 Å². The minimum Gasteiger partial charge on any atom is -0.497 e. The van der Waals surface area contributed by atoms with Crippen LogP contribution in [0.1, 0.15) is 43.0 Å². The Balaban J connectivity index is 1.58. The van der Waals surface area contributed by atoms with E-state index in [9.17, 15) is 4.79 Å². The molecule has 0 aliphatic carbocycles. The number of fused-ring (bicyclic) bond motifs is 1. The zero-order chi connectivity index (χ0) is 25.1. The van der Waals surface area contributed by atoms with Crippen LogP contribution in [0.2, 0.25) is 0 Å². The lowest BCUT2D eigenvalue weighted by Gasteiger charge is -2.42. The molecule has 1 spiro atoms. The molecule has 0 unspecified atom stereocenters. The lowest BCUT2D eigenvalue weighted by atomic mass is 9.88. The van der Waals surface area contributed by atoms with Gasteiger partial charge < -0.3 is 4.74 Å². The van der Waals surface area contributed by atoms with Gasteiger partial charge in [0.25, 0.3) is 5.91 Å². The van der Waals surface area contributed by atoms with Gasteiger partial charge in [-0.05, 0) is 49.6 Å². The summed E-state index contributed by atoms with van der Waals surface area (Å²) in [4.78, 5) is 21.7. The average molecular weight is 480 g/mol. The molecule has 3 aliphatic heterocycles. The minimum atomic E-state index is -0.903. The third kappa shape index (κ3) is 3.26. The first-order valence-electron chi connectivity index (χ1n) is 12.7. The van der Waals surface area contributed by atoms with Gasteiger partial charge >= 0.3 is 0 Å². The maximum absolute atomic E-state index is 14.9. The number of methoxy groups -OCH3 is 1. The molecular formula is C31H33N3O2. The van der Waals surface area contributed by atoms with Crippen molar-refractivity contribution < 1.29 is 9.53 Å².